The Kier molecular flexibility index (Phi) is 3.90. The number of nitrogens with two attached hydrogens (primary N) is 1. The van der Waals surface area contributed by atoms with E-state index in [0.717, 1.165) is 6.07 Å². The van der Waals surface area contributed by atoms with Gasteiger partial charge in [0.25, 0.3) is 0 Å². The lowest BCUT2D eigenvalue weighted by atomic mass is 9.90. The molecule has 0 aliphatic heterocycles. The summed E-state index contributed by atoms with van der Waals surface area (Å²) in [7, 11) is 0. The van der Waals surface area contributed by atoms with E-state index >= 15 is 0 Å². The molecule has 4 N–H and O–H groups in total. The van der Waals surface area contributed by atoms with Crippen LogP contribution in [0.15, 0.2) is 42.7 Å². The Labute approximate surface area is 114 Å². The smallest absolute Gasteiger partial charge is 0.250 e. The topological polar surface area (TPSA) is 101 Å². The number of benzene rings is 1. The molecule has 0 saturated heterocycles. The van der Waals surface area contributed by atoms with Crippen molar-refractivity contribution in [2.24, 2.45) is 5.73 Å². The molecule has 2 rings (SSSR count). The van der Waals surface area contributed by atoms with Gasteiger partial charge in [-0.25, -0.2) is 14.4 Å². The van der Waals surface area contributed by atoms with E-state index in [4.69, 9.17) is 5.73 Å². The van der Waals surface area contributed by atoms with E-state index in [1.807, 2.05) is 0 Å². The Morgan fingerprint density at radius 2 is 2.05 bits per heavy atom. The monoisotopic (exact) mass is 276 g/mol. The molecule has 0 spiro atoms. The van der Waals surface area contributed by atoms with Gasteiger partial charge in [0.1, 0.15) is 5.82 Å². The molecule has 0 saturated carbocycles. The number of amides is 1. The van der Waals surface area contributed by atoms with Crippen molar-refractivity contribution < 1.29 is 14.3 Å². The van der Waals surface area contributed by atoms with Crippen molar-refractivity contribution in [1.82, 2.24) is 9.97 Å². The van der Waals surface area contributed by atoms with Crippen molar-refractivity contribution in [3.05, 3.63) is 54.1 Å². The number of rotatable bonds is 5. The Bertz CT molecular complexity index is 608. The van der Waals surface area contributed by atoms with Crippen LogP contribution in [0, 0.1) is 5.82 Å². The standard InChI is InChI=1S/C13H13FN4O2/c14-10-4-1-3-9(7-10)13(8-19,11(15)20)18-12-16-5-2-6-17-12/h1-7,19H,8H2,(H2,15,20)(H,16,17,18). The minimum Gasteiger partial charge on any atom is -0.393 e. The molecule has 0 bridgehead atoms. The molecule has 104 valence electrons. The van der Waals surface area contributed by atoms with Crippen LogP contribution < -0.4 is 11.1 Å². The fraction of sp³-hybridized carbons (Fsp3) is 0.154. The van der Waals surface area contributed by atoms with Crippen LogP contribution in [0.5, 0.6) is 0 Å². The maximum atomic E-state index is 13.3. The number of halogens is 1. The van der Waals surface area contributed by atoms with Gasteiger partial charge >= 0.3 is 0 Å². The Morgan fingerprint density at radius 3 is 2.60 bits per heavy atom. The maximum Gasteiger partial charge on any atom is 0.250 e. The number of aliphatic hydroxyl groups excluding tert-OH is 1. The molecule has 0 aliphatic carbocycles. The van der Waals surface area contributed by atoms with E-state index in [1.54, 1.807) is 6.07 Å². The molecular formula is C13H13FN4O2. The molecule has 0 fully saturated rings. The first-order valence-electron chi connectivity index (χ1n) is 5.80. The molecule has 1 amide bonds. The number of aromatic nitrogens is 2. The highest BCUT2D eigenvalue weighted by Crippen LogP contribution is 2.25. The molecule has 2 aromatic rings. The lowest BCUT2D eigenvalue weighted by Crippen LogP contribution is -2.51. The number of primary amides is 1. The van der Waals surface area contributed by atoms with Crippen LogP contribution in [0.2, 0.25) is 0 Å². The number of aliphatic hydroxyl groups is 1. The molecular weight excluding hydrogens is 263 g/mol. The third kappa shape index (κ3) is 2.57. The molecule has 0 aliphatic rings. The summed E-state index contributed by atoms with van der Waals surface area (Å²) in [6.07, 6.45) is 2.92. The summed E-state index contributed by atoms with van der Waals surface area (Å²) < 4.78 is 13.3. The maximum absolute atomic E-state index is 13.3. The number of carbonyl (C=O) groups excluding carboxylic acids is 1. The van der Waals surface area contributed by atoms with Gasteiger partial charge in [0.2, 0.25) is 11.9 Å². The molecule has 1 unspecified atom stereocenters. The summed E-state index contributed by atoms with van der Waals surface area (Å²) in [4.78, 5) is 19.6. The summed E-state index contributed by atoms with van der Waals surface area (Å²) in [5.74, 6) is -1.31. The summed E-state index contributed by atoms with van der Waals surface area (Å²) in [5.41, 5.74) is 3.88. The summed E-state index contributed by atoms with van der Waals surface area (Å²) in [6.45, 7) is -0.663. The van der Waals surface area contributed by atoms with Gasteiger partial charge in [0.15, 0.2) is 5.54 Å². The predicted octanol–water partition coefficient (Wildman–Crippen LogP) is 0.401. The van der Waals surface area contributed by atoms with Crippen molar-refractivity contribution >= 4 is 11.9 Å². The Morgan fingerprint density at radius 1 is 1.35 bits per heavy atom. The third-order valence-corrected chi connectivity index (χ3v) is 2.87. The van der Waals surface area contributed by atoms with Gasteiger partial charge in [-0.1, -0.05) is 12.1 Å². The van der Waals surface area contributed by atoms with Gasteiger partial charge < -0.3 is 16.2 Å². The quantitative estimate of drug-likeness (QED) is 0.734. The average Bonchev–Trinajstić information content (AvgIpc) is 2.45. The normalized spacial score (nSPS) is 13.5. The van der Waals surface area contributed by atoms with Crippen molar-refractivity contribution in [3.63, 3.8) is 0 Å². The van der Waals surface area contributed by atoms with Crippen LogP contribution >= 0.6 is 0 Å². The first-order valence-corrected chi connectivity index (χ1v) is 5.80. The second-order valence-electron chi connectivity index (χ2n) is 4.14. The minimum atomic E-state index is -1.69. The molecule has 1 aromatic carbocycles. The van der Waals surface area contributed by atoms with E-state index in [9.17, 15) is 14.3 Å². The molecule has 20 heavy (non-hydrogen) atoms. The second-order valence-corrected chi connectivity index (χ2v) is 4.14. The molecule has 1 aromatic heterocycles. The summed E-state index contributed by atoms with van der Waals surface area (Å²) >= 11 is 0. The second kappa shape index (κ2) is 5.62. The molecule has 7 heteroatoms. The SMILES string of the molecule is NC(=O)C(CO)(Nc1ncccn1)c1cccc(F)c1. The first-order chi connectivity index (χ1) is 9.58. The van der Waals surface area contributed by atoms with E-state index in [2.05, 4.69) is 15.3 Å². The van der Waals surface area contributed by atoms with Gasteiger partial charge in [-0.2, -0.15) is 0 Å². The van der Waals surface area contributed by atoms with Crippen LogP contribution in [0.3, 0.4) is 0 Å². The number of nitrogens with zero attached hydrogens (tertiary/aromatic N) is 2. The third-order valence-electron chi connectivity index (χ3n) is 2.87. The molecule has 6 nitrogen and oxygen atoms in total. The Hall–Kier alpha value is -2.54. The molecule has 0 radical (unpaired) electrons. The number of nitrogens with one attached hydrogen (secondary N) is 1. The van der Waals surface area contributed by atoms with Crippen LogP contribution in [0.25, 0.3) is 0 Å². The zero-order valence-corrected chi connectivity index (χ0v) is 10.5. The highest BCUT2D eigenvalue weighted by atomic mass is 19.1. The van der Waals surface area contributed by atoms with Crippen molar-refractivity contribution in [2.75, 3.05) is 11.9 Å². The van der Waals surface area contributed by atoms with E-state index in [-0.39, 0.29) is 11.5 Å². The van der Waals surface area contributed by atoms with Gasteiger partial charge in [-0.15, -0.1) is 0 Å². The number of hydrogen-bond donors (Lipinski definition) is 3. The first kappa shape index (κ1) is 13.9. The predicted molar refractivity (Wildman–Crippen MR) is 70.0 cm³/mol. The van der Waals surface area contributed by atoms with Crippen molar-refractivity contribution in [1.29, 1.82) is 0 Å². The summed E-state index contributed by atoms with van der Waals surface area (Å²) in [5, 5.41) is 12.3. The number of hydrogen-bond acceptors (Lipinski definition) is 5. The van der Waals surface area contributed by atoms with E-state index < -0.39 is 23.9 Å². The minimum absolute atomic E-state index is 0.101. The Balaban J connectivity index is 2.48. The van der Waals surface area contributed by atoms with Crippen LogP contribution in [-0.4, -0.2) is 27.6 Å². The van der Waals surface area contributed by atoms with Gasteiger partial charge in [-0.05, 0) is 23.8 Å². The van der Waals surface area contributed by atoms with Gasteiger partial charge in [0.05, 0.1) is 6.61 Å². The molecule has 1 atom stereocenters. The fourth-order valence-corrected chi connectivity index (χ4v) is 1.79. The van der Waals surface area contributed by atoms with E-state index in [1.165, 1.54) is 30.6 Å². The van der Waals surface area contributed by atoms with Crippen LogP contribution in [0.4, 0.5) is 10.3 Å². The van der Waals surface area contributed by atoms with E-state index in [0.29, 0.717) is 0 Å². The summed E-state index contributed by atoms with van der Waals surface area (Å²) in [6, 6.07) is 6.85. The lowest BCUT2D eigenvalue weighted by Gasteiger charge is -2.30. The van der Waals surface area contributed by atoms with Crippen LogP contribution in [-0.2, 0) is 10.3 Å². The number of anilines is 1. The fourth-order valence-electron chi connectivity index (χ4n) is 1.79. The largest absolute Gasteiger partial charge is 0.393 e. The van der Waals surface area contributed by atoms with Crippen LogP contribution in [0.1, 0.15) is 5.56 Å². The van der Waals surface area contributed by atoms with Crippen molar-refractivity contribution in [2.45, 2.75) is 5.54 Å². The van der Waals surface area contributed by atoms with Crippen molar-refractivity contribution in [3.8, 4) is 0 Å². The molecule has 1 heterocycles. The highest BCUT2D eigenvalue weighted by molar-refractivity contribution is 5.89. The number of carbonyl (C=O) groups is 1. The highest BCUT2D eigenvalue weighted by Gasteiger charge is 2.39. The average molecular weight is 276 g/mol. The zero-order valence-electron chi connectivity index (χ0n) is 10.5. The lowest BCUT2D eigenvalue weighted by molar-refractivity contribution is -0.123. The zero-order chi connectivity index (χ0) is 14.6. The van der Waals surface area contributed by atoms with Gasteiger partial charge in [0, 0.05) is 12.4 Å². The van der Waals surface area contributed by atoms with Gasteiger partial charge in [-0.3, -0.25) is 4.79 Å².